The molecule has 2 aliphatic heterocycles. The van der Waals surface area contributed by atoms with E-state index >= 15 is 0 Å². The number of benzene rings is 8. The third-order valence-corrected chi connectivity index (χ3v) is 14.4. The van der Waals surface area contributed by atoms with Crippen molar-refractivity contribution in [3.05, 3.63) is 212 Å². The predicted octanol–water partition coefficient (Wildman–Crippen LogP) is 10.4. The van der Waals surface area contributed by atoms with Gasteiger partial charge in [0.2, 0.25) is 0 Å². The number of ether oxygens (including phenoxy) is 2. The van der Waals surface area contributed by atoms with Gasteiger partial charge in [0.05, 0.1) is 11.8 Å². The molecule has 338 valence electrons. The molecular formula is C56H42O12. The minimum absolute atomic E-state index is 0.0248. The van der Waals surface area contributed by atoms with Crippen LogP contribution < -0.4 is 9.47 Å². The summed E-state index contributed by atoms with van der Waals surface area (Å²) in [5.41, 5.74) is 7.62. The number of hydrogen-bond donors (Lipinski definition) is 10. The largest absolute Gasteiger partial charge is 0.508 e. The number of fused-ring (bicyclic) bond motifs is 9. The number of rotatable bonds is 6. The van der Waals surface area contributed by atoms with E-state index in [1.807, 2.05) is 0 Å². The van der Waals surface area contributed by atoms with Gasteiger partial charge in [-0.2, -0.15) is 0 Å². The molecule has 12 rings (SSSR count). The van der Waals surface area contributed by atoms with Crippen molar-refractivity contribution < 1.29 is 60.5 Å². The van der Waals surface area contributed by atoms with Gasteiger partial charge in [-0.05, 0) is 117 Å². The second kappa shape index (κ2) is 14.9. The zero-order chi connectivity index (χ0) is 46.9. The number of phenolic OH excluding ortho intramolecular Hbond substituents is 10. The maximum atomic E-state index is 12.6. The lowest BCUT2D eigenvalue weighted by Crippen LogP contribution is -2.15. The summed E-state index contributed by atoms with van der Waals surface area (Å²) in [5.74, 6) is -4.13. The van der Waals surface area contributed by atoms with Gasteiger partial charge < -0.3 is 60.5 Å². The Kier molecular flexibility index (Phi) is 8.97. The van der Waals surface area contributed by atoms with Gasteiger partial charge in [-0.25, -0.2) is 0 Å². The van der Waals surface area contributed by atoms with E-state index in [4.69, 9.17) is 9.47 Å². The molecular weight excluding hydrogens is 865 g/mol. The molecule has 0 saturated heterocycles. The summed E-state index contributed by atoms with van der Waals surface area (Å²) in [7, 11) is 0. The topological polar surface area (TPSA) is 221 Å². The van der Waals surface area contributed by atoms with Crippen LogP contribution in [-0.4, -0.2) is 51.1 Å². The Hall–Kier alpha value is -8.64. The van der Waals surface area contributed by atoms with Gasteiger partial charge in [0.15, 0.2) is 0 Å². The summed E-state index contributed by atoms with van der Waals surface area (Å²) >= 11 is 0. The third kappa shape index (κ3) is 6.20. The monoisotopic (exact) mass is 906 g/mol. The van der Waals surface area contributed by atoms with Crippen LogP contribution in [0.15, 0.2) is 146 Å². The lowest BCUT2D eigenvalue weighted by molar-refractivity contribution is 0.221. The molecule has 12 heteroatoms. The van der Waals surface area contributed by atoms with Crippen molar-refractivity contribution in [2.75, 3.05) is 0 Å². The lowest BCUT2D eigenvalue weighted by Gasteiger charge is -2.27. The standard InChI is InChI=1S/C56H42O12/c57-31-9-1-25(2-10-31)43-47-39(65)23-41-49(45(29-17-35(61)21-36(62)18-29)55(67-41)27-5-13-33(59)14-6-27)53(47)52-44(26-3-11-32(58)12-4-26)48-40(66)24-42-50(54(48)51(43)52)46(30-19-37(63)22-38(64)20-30)56(68-42)28-7-15-34(60)16-8-28/h1-24,43-46,51-52,55-66H/t43-,44-,45?,46?,51+,52+,55?,56?/m1/s1. The zero-order valence-corrected chi connectivity index (χ0v) is 35.8. The molecule has 0 amide bonds. The minimum atomic E-state index is -0.792. The number of phenols is 10. The number of aromatic hydroxyl groups is 10. The second-order valence-electron chi connectivity index (χ2n) is 18.2. The maximum Gasteiger partial charge on any atom is 0.135 e. The average Bonchev–Trinajstić information content (AvgIpc) is 4.05. The molecule has 12 nitrogen and oxygen atoms in total. The Bertz CT molecular complexity index is 3070. The summed E-state index contributed by atoms with van der Waals surface area (Å²) in [4.78, 5) is 0. The summed E-state index contributed by atoms with van der Waals surface area (Å²) < 4.78 is 13.8. The summed E-state index contributed by atoms with van der Waals surface area (Å²) in [6, 6.07) is 38.6. The van der Waals surface area contributed by atoms with Crippen LogP contribution in [0.3, 0.4) is 0 Å². The second-order valence-corrected chi connectivity index (χ2v) is 18.2. The molecule has 8 aromatic carbocycles. The first kappa shape index (κ1) is 40.8. The number of hydrogen-bond acceptors (Lipinski definition) is 12. The Morgan fingerprint density at radius 2 is 0.544 bits per heavy atom. The van der Waals surface area contributed by atoms with Crippen LogP contribution in [0.4, 0.5) is 0 Å². The van der Waals surface area contributed by atoms with Crippen LogP contribution in [-0.2, 0) is 0 Å². The van der Waals surface area contributed by atoms with Crippen LogP contribution in [0.5, 0.6) is 69.0 Å². The fraction of sp³-hybridized carbons (Fsp3) is 0.143. The Morgan fingerprint density at radius 3 is 0.853 bits per heavy atom. The Morgan fingerprint density at radius 1 is 0.250 bits per heavy atom. The van der Waals surface area contributed by atoms with E-state index < -0.39 is 47.7 Å². The van der Waals surface area contributed by atoms with E-state index in [0.29, 0.717) is 67.1 Å². The van der Waals surface area contributed by atoms with E-state index in [1.54, 1.807) is 133 Å². The van der Waals surface area contributed by atoms with E-state index in [9.17, 15) is 51.1 Å². The summed E-state index contributed by atoms with van der Waals surface area (Å²) in [6.45, 7) is 0. The summed E-state index contributed by atoms with van der Waals surface area (Å²) in [6.07, 6.45) is -1.58. The molecule has 0 radical (unpaired) electrons. The van der Waals surface area contributed by atoms with Crippen molar-refractivity contribution in [3.8, 4) is 69.0 Å². The molecule has 4 unspecified atom stereocenters. The normalized spacial score (nSPS) is 22.6. The molecule has 0 saturated carbocycles. The highest BCUT2D eigenvalue weighted by molar-refractivity contribution is 5.75. The molecule has 0 bridgehead atoms. The van der Waals surface area contributed by atoms with Gasteiger partial charge in [-0.3, -0.25) is 0 Å². The van der Waals surface area contributed by atoms with Gasteiger partial charge in [0.1, 0.15) is 81.2 Å². The van der Waals surface area contributed by atoms with Crippen LogP contribution in [0.25, 0.3) is 0 Å². The fourth-order valence-corrected chi connectivity index (χ4v) is 12.0. The lowest BCUT2D eigenvalue weighted by atomic mass is 9.74. The van der Waals surface area contributed by atoms with E-state index in [-0.39, 0.29) is 57.5 Å². The highest BCUT2D eigenvalue weighted by Gasteiger charge is 2.59. The molecule has 0 aromatic heterocycles. The molecule has 2 heterocycles. The van der Waals surface area contributed by atoms with Crippen molar-refractivity contribution >= 4 is 0 Å². The maximum absolute atomic E-state index is 12.6. The van der Waals surface area contributed by atoms with Crippen molar-refractivity contribution in [1.82, 2.24) is 0 Å². The average molecular weight is 907 g/mol. The van der Waals surface area contributed by atoms with Crippen molar-refractivity contribution in [2.45, 2.75) is 47.7 Å². The molecule has 0 fully saturated rings. The SMILES string of the molecule is Oc1ccc(C2Oc3cc(O)c4c(c3C2c2cc(O)cc(O)c2)[C@H]2[C@H](c3ccc(O)cc3)c3c(O)cc5c(c3[C@H]2[C@@H]4c2ccc(O)cc2)C(c2cc(O)cc(O)c2)C(c2ccc(O)cc2)O5)cc1. The predicted molar refractivity (Wildman–Crippen MR) is 248 cm³/mol. The molecule has 68 heavy (non-hydrogen) atoms. The van der Waals surface area contributed by atoms with Crippen LogP contribution in [0, 0.1) is 0 Å². The van der Waals surface area contributed by atoms with Crippen molar-refractivity contribution in [1.29, 1.82) is 0 Å². The highest BCUT2D eigenvalue weighted by atomic mass is 16.5. The molecule has 0 spiro atoms. The van der Waals surface area contributed by atoms with Crippen molar-refractivity contribution in [3.63, 3.8) is 0 Å². The van der Waals surface area contributed by atoms with Gasteiger partial charge in [0, 0.05) is 70.2 Å². The fourth-order valence-electron chi connectivity index (χ4n) is 12.0. The smallest absolute Gasteiger partial charge is 0.135 e. The van der Waals surface area contributed by atoms with Crippen molar-refractivity contribution in [2.24, 2.45) is 0 Å². The van der Waals surface area contributed by atoms with Gasteiger partial charge >= 0.3 is 0 Å². The summed E-state index contributed by atoms with van der Waals surface area (Å²) in [5, 5.41) is 111. The van der Waals surface area contributed by atoms with Gasteiger partial charge in [-0.15, -0.1) is 0 Å². The molecule has 10 N–H and O–H groups in total. The molecule has 8 atom stereocenters. The Labute approximate surface area is 388 Å². The van der Waals surface area contributed by atoms with Crippen LogP contribution in [0.2, 0.25) is 0 Å². The van der Waals surface area contributed by atoms with Gasteiger partial charge in [0.25, 0.3) is 0 Å². The molecule has 8 aromatic rings. The first-order chi connectivity index (χ1) is 32.8. The zero-order valence-electron chi connectivity index (χ0n) is 35.8. The highest BCUT2D eigenvalue weighted by Crippen LogP contribution is 2.74. The molecule has 4 aliphatic rings. The Balaban J connectivity index is 1.19. The van der Waals surface area contributed by atoms with E-state index in [1.165, 1.54) is 12.1 Å². The quantitative estimate of drug-likeness (QED) is 0.0753. The van der Waals surface area contributed by atoms with Crippen LogP contribution in [0.1, 0.15) is 114 Å². The minimum Gasteiger partial charge on any atom is -0.508 e. The van der Waals surface area contributed by atoms with E-state index in [0.717, 1.165) is 11.1 Å². The first-order valence-electron chi connectivity index (χ1n) is 22.2. The van der Waals surface area contributed by atoms with Crippen LogP contribution >= 0.6 is 0 Å². The molecule has 2 aliphatic carbocycles. The van der Waals surface area contributed by atoms with Gasteiger partial charge in [-0.1, -0.05) is 48.5 Å². The first-order valence-corrected chi connectivity index (χ1v) is 22.2. The third-order valence-electron chi connectivity index (χ3n) is 14.4. The van der Waals surface area contributed by atoms with E-state index in [2.05, 4.69) is 0 Å².